The minimum absolute atomic E-state index is 0.00348. The lowest BCUT2D eigenvalue weighted by atomic mass is 9.91. The number of ether oxygens (including phenoxy) is 5. The Hall–Kier alpha value is -9.44. The molecule has 9 aromatic carbocycles. The molecule has 372 valence electrons. The number of rotatable bonds is 20. The van der Waals surface area contributed by atoms with Crippen molar-refractivity contribution in [2.75, 3.05) is 43.3 Å². The van der Waals surface area contributed by atoms with Crippen molar-refractivity contribution in [1.82, 2.24) is 0 Å². The summed E-state index contributed by atoms with van der Waals surface area (Å²) >= 11 is 0. The lowest BCUT2D eigenvalue weighted by Gasteiger charge is -2.25. The van der Waals surface area contributed by atoms with Crippen molar-refractivity contribution in [3.8, 4) is 11.5 Å². The van der Waals surface area contributed by atoms with Crippen LogP contribution in [0.25, 0.3) is 23.3 Å². The number of carbonyl (C=O) groups excluding carboxylic acids is 2. The molecule has 0 spiro atoms. The molecule has 9 rings (SSSR count). The predicted octanol–water partition coefficient (Wildman–Crippen LogP) is 15.9. The Morgan fingerprint density at radius 1 is 0.373 bits per heavy atom. The van der Waals surface area contributed by atoms with Crippen LogP contribution in [-0.2, 0) is 19.0 Å². The predicted molar refractivity (Wildman–Crippen MR) is 302 cm³/mol. The lowest BCUT2D eigenvalue weighted by molar-refractivity contribution is -0.142. The van der Waals surface area contributed by atoms with Crippen molar-refractivity contribution in [3.63, 3.8) is 0 Å². The highest BCUT2D eigenvalue weighted by Crippen LogP contribution is 2.38. The quantitative estimate of drug-likeness (QED) is 0.0321. The van der Waals surface area contributed by atoms with Crippen molar-refractivity contribution in [2.45, 2.75) is 6.92 Å². The van der Waals surface area contributed by atoms with E-state index in [1.165, 1.54) is 6.92 Å². The largest absolute Gasteiger partial charge is 0.513 e. The summed E-state index contributed by atoms with van der Waals surface area (Å²) in [4.78, 5) is 27.7. The van der Waals surface area contributed by atoms with Gasteiger partial charge in [0.15, 0.2) is 0 Å². The maximum atomic E-state index is 12.4. The van der Waals surface area contributed by atoms with Crippen LogP contribution in [0.5, 0.6) is 11.5 Å². The molecular formula is C66H56N2O7. The summed E-state index contributed by atoms with van der Waals surface area (Å²) in [6, 6.07) is 83.0. The summed E-state index contributed by atoms with van der Waals surface area (Å²) in [6.45, 7) is 1.81. The van der Waals surface area contributed by atoms with Crippen LogP contribution < -0.4 is 19.3 Å². The number of benzene rings is 9. The average molecular weight is 989 g/mol. The molecule has 9 nitrogen and oxygen atoms in total. The molecule has 0 aliphatic carbocycles. The van der Waals surface area contributed by atoms with Crippen LogP contribution in [0, 0.1) is 0 Å². The zero-order valence-corrected chi connectivity index (χ0v) is 41.8. The normalized spacial score (nSPS) is 11.3. The molecule has 9 heteroatoms. The van der Waals surface area contributed by atoms with Gasteiger partial charge >= 0.3 is 12.1 Å². The van der Waals surface area contributed by atoms with E-state index in [0.29, 0.717) is 5.75 Å². The third kappa shape index (κ3) is 13.5. The molecule has 0 bridgehead atoms. The standard InChI is InChI=1S/C66H56N2O7/c1-49(69)73-45-43-72-44-46-74-66(70)75-63-41-37-61(38-42-63)68(57-21-13-6-14-22-57)59-33-25-51(26-34-59)48-65(53-17-9-4-10-18-53)55-29-27-54(28-30-55)64(52-15-7-3-8-16-52)47-50-23-31-58(32-24-50)67(56-19-11-5-12-20-56)60-35-39-62(71-2)40-36-60/h3-42,47-48H,43-46H2,1-2H3. The van der Waals surface area contributed by atoms with Gasteiger partial charge < -0.3 is 33.5 Å². The SMILES string of the molecule is COc1ccc(N(c2ccccc2)c2ccc(C=C(c3ccccc3)c3ccc(C(=Cc4ccc(N(c5ccccc5)c5ccc(OC(=O)OCCOCCOC(C)=O)cc5)cc4)c4ccccc4)cc3)cc2)cc1. The fourth-order valence-corrected chi connectivity index (χ4v) is 8.60. The number of esters is 1. The molecule has 0 saturated heterocycles. The second-order valence-electron chi connectivity index (χ2n) is 17.3. The Morgan fingerprint density at radius 2 is 0.707 bits per heavy atom. The van der Waals surface area contributed by atoms with E-state index >= 15 is 0 Å². The Labute approximate surface area is 438 Å². The molecule has 0 aliphatic heterocycles. The van der Waals surface area contributed by atoms with Crippen LogP contribution in [0.3, 0.4) is 0 Å². The van der Waals surface area contributed by atoms with Crippen LogP contribution in [0.2, 0.25) is 0 Å². The molecule has 0 fully saturated rings. The van der Waals surface area contributed by atoms with Gasteiger partial charge in [0.05, 0.1) is 20.3 Å². The van der Waals surface area contributed by atoms with E-state index in [1.807, 2.05) is 54.6 Å². The van der Waals surface area contributed by atoms with E-state index in [9.17, 15) is 9.59 Å². The summed E-state index contributed by atoms with van der Waals surface area (Å²) in [5, 5.41) is 0. The number of nitrogens with zero attached hydrogens (tertiary/aromatic N) is 2. The van der Waals surface area contributed by atoms with E-state index in [4.69, 9.17) is 23.7 Å². The second kappa shape index (κ2) is 25.3. The lowest BCUT2D eigenvalue weighted by Crippen LogP contribution is -2.16. The smallest absolute Gasteiger partial charge is 0.497 e. The van der Waals surface area contributed by atoms with Crippen LogP contribution >= 0.6 is 0 Å². The first kappa shape index (κ1) is 50.5. The van der Waals surface area contributed by atoms with Gasteiger partial charge in [-0.1, -0.05) is 146 Å². The molecule has 75 heavy (non-hydrogen) atoms. The summed E-state index contributed by atoms with van der Waals surface area (Å²) in [5.41, 5.74) is 14.7. The van der Waals surface area contributed by atoms with Gasteiger partial charge in [-0.15, -0.1) is 0 Å². The minimum atomic E-state index is -0.842. The first-order valence-corrected chi connectivity index (χ1v) is 24.7. The van der Waals surface area contributed by atoms with E-state index in [2.05, 4.69) is 198 Å². The van der Waals surface area contributed by atoms with Crippen molar-refractivity contribution >= 4 is 69.5 Å². The number of hydrogen-bond acceptors (Lipinski definition) is 9. The van der Waals surface area contributed by atoms with Crippen LogP contribution in [0.15, 0.2) is 243 Å². The summed E-state index contributed by atoms with van der Waals surface area (Å²) in [7, 11) is 1.68. The topological polar surface area (TPSA) is 86.8 Å². The Kier molecular flexibility index (Phi) is 17.0. The van der Waals surface area contributed by atoms with Crippen molar-refractivity contribution in [2.24, 2.45) is 0 Å². The van der Waals surface area contributed by atoms with Gasteiger partial charge in [-0.05, 0) is 154 Å². The molecule has 0 aliphatic rings. The minimum Gasteiger partial charge on any atom is -0.497 e. The zero-order valence-electron chi connectivity index (χ0n) is 41.8. The van der Waals surface area contributed by atoms with Crippen LogP contribution in [0.4, 0.5) is 38.9 Å². The van der Waals surface area contributed by atoms with E-state index < -0.39 is 6.16 Å². The number of hydrogen-bond donors (Lipinski definition) is 0. The molecule has 0 unspecified atom stereocenters. The zero-order chi connectivity index (χ0) is 51.6. The van der Waals surface area contributed by atoms with E-state index in [-0.39, 0.29) is 32.4 Å². The Bertz CT molecular complexity index is 3290. The molecule has 0 radical (unpaired) electrons. The number of anilines is 6. The third-order valence-electron chi connectivity index (χ3n) is 12.2. The highest BCUT2D eigenvalue weighted by atomic mass is 16.7. The monoisotopic (exact) mass is 988 g/mol. The summed E-state index contributed by atoms with van der Waals surface area (Å²) in [5.74, 6) is 0.771. The highest BCUT2D eigenvalue weighted by molar-refractivity contribution is 5.95. The second-order valence-corrected chi connectivity index (χ2v) is 17.3. The van der Waals surface area contributed by atoms with Gasteiger partial charge in [-0.2, -0.15) is 0 Å². The van der Waals surface area contributed by atoms with Gasteiger partial charge in [0.1, 0.15) is 24.7 Å². The molecule has 0 heterocycles. The first-order valence-electron chi connectivity index (χ1n) is 24.7. The first-order chi connectivity index (χ1) is 36.9. The maximum absolute atomic E-state index is 12.4. The average Bonchev–Trinajstić information content (AvgIpc) is 3.46. The van der Waals surface area contributed by atoms with Crippen molar-refractivity contribution in [3.05, 3.63) is 276 Å². The van der Waals surface area contributed by atoms with Gasteiger partial charge in [-0.25, -0.2) is 4.79 Å². The van der Waals surface area contributed by atoms with Gasteiger partial charge in [-0.3, -0.25) is 4.79 Å². The van der Waals surface area contributed by atoms with Gasteiger partial charge in [0, 0.05) is 41.0 Å². The molecule has 0 N–H and O–H groups in total. The maximum Gasteiger partial charge on any atom is 0.513 e. The van der Waals surface area contributed by atoms with Crippen molar-refractivity contribution < 1.29 is 33.3 Å². The molecule has 0 aromatic heterocycles. The number of carbonyl (C=O) groups is 2. The third-order valence-corrected chi connectivity index (χ3v) is 12.2. The fraction of sp³-hybridized carbons (Fsp3) is 0.0909. The summed E-state index contributed by atoms with van der Waals surface area (Å²) < 4.78 is 26.2. The number of methoxy groups -OCH3 is 1. The molecule has 0 amide bonds. The Balaban J connectivity index is 0.954. The Morgan fingerprint density at radius 3 is 1.09 bits per heavy atom. The van der Waals surface area contributed by atoms with Gasteiger partial charge in [0.2, 0.25) is 0 Å². The molecular weight excluding hydrogens is 933 g/mol. The fourth-order valence-electron chi connectivity index (χ4n) is 8.60. The highest BCUT2D eigenvalue weighted by Gasteiger charge is 2.16. The molecule has 0 saturated carbocycles. The summed E-state index contributed by atoms with van der Waals surface area (Å²) in [6.07, 6.45) is 3.66. The molecule has 0 atom stereocenters. The van der Waals surface area contributed by atoms with Gasteiger partial charge in [0.25, 0.3) is 0 Å². The van der Waals surface area contributed by atoms with E-state index in [0.717, 1.165) is 84.4 Å². The molecule has 9 aromatic rings. The number of para-hydroxylation sites is 2. The van der Waals surface area contributed by atoms with Crippen LogP contribution in [0.1, 0.15) is 40.3 Å². The van der Waals surface area contributed by atoms with Crippen molar-refractivity contribution in [1.29, 1.82) is 0 Å². The van der Waals surface area contributed by atoms with E-state index in [1.54, 1.807) is 19.2 Å². The van der Waals surface area contributed by atoms with Crippen LogP contribution in [-0.4, -0.2) is 45.7 Å².